The monoisotopic (exact) mass is 407 g/mol. The Hall–Kier alpha value is -2.08. The number of rotatable bonds is 6. The molecular weight excluding hydrogens is 378 g/mol. The van der Waals surface area contributed by atoms with Gasteiger partial charge < -0.3 is 15.1 Å². The molecular formula is C21H30ClN3O3. The van der Waals surface area contributed by atoms with Crippen LogP contribution in [0.25, 0.3) is 0 Å². The molecule has 2 rings (SSSR count). The number of hydrogen-bond donors (Lipinski definition) is 1. The zero-order valence-corrected chi connectivity index (χ0v) is 17.8. The van der Waals surface area contributed by atoms with E-state index >= 15 is 0 Å². The zero-order valence-electron chi connectivity index (χ0n) is 17.1. The molecule has 154 valence electrons. The topological polar surface area (TPSA) is 69.7 Å². The number of halogens is 1. The van der Waals surface area contributed by atoms with Crippen molar-refractivity contribution in [2.45, 2.75) is 40.2 Å². The first kappa shape index (κ1) is 22.2. The van der Waals surface area contributed by atoms with E-state index in [1.807, 2.05) is 32.6 Å². The van der Waals surface area contributed by atoms with Crippen LogP contribution in [-0.2, 0) is 9.59 Å². The molecule has 0 saturated carbocycles. The fourth-order valence-corrected chi connectivity index (χ4v) is 3.32. The third kappa shape index (κ3) is 5.96. The normalized spacial score (nSPS) is 15.7. The lowest BCUT2D eigenvalue weighted by atomic mass is 10.0. The van der Waals surface area contributed by atoms with Gasteiger partial charge in [-0.15, -0.1) is 0 Å². The molecule has 7 heteroatoms. The molecule has 6 nitrogen and oxygen atoms in total. The number of carbonyl (C=O) groups excluding carboxylic acids is 3. The molecule has 0 bridgehead atoms. The van der Waals surface area contributed by atoms with Crippen molar-refractivity contribution in [1.29, 1.82) is 0 Å². The van der Waals surface area contributed by atoms with Crippen LogP contribution in [0.1, 0.15) is 44.5 Å². The van der Waals surface area contributed by atoms with Gasteiger partial charge in [-0.2, -0.15) is 0 Å². The predicted molar refractivity (Wildman–Crippen MR) is 110 cm³/mol. The molecule has 1 atom stereocenters. The number of benzene rings is 1. The van der Waals surface area contributed by atoms with Gasteiger partial charge in [-0.3, -0.25) is 14.4 Å². The first-order chi connectivity index (χ1) is 13.2. The lowest BCUT2D eigenvalue weighted by molar-refractivity contribution is -0.141. The highest BCUT2D eigenvalue weighted by molar-refractivity contribution is 6.30. The lowest BCUT2D eigenvalue weighted by Crippen LogP contribution is -2.57. The van der Waals surface area contributed by atoms with Crippen LogP contribution >= 0.6 is 11.6 Å². The summed E-state index contributed by atoms with van der Waals surface area (Å²) in [6.07, 6.45) is 0.527. The maximum atomic E-state index is 13.0. The van der Waals surface area contributed by atoms with Gasteiger partial charge in [-0.1, -0.05) is 39.3 Å². The van der Waals surface area contributed by atoms with E-state index in [1.54, 1.807) is 29.2 Å². The Balaban J connectivity index is 1.97. The van der Waals surface area contributed by atoms with Gasteiger partial charge in [0, 0.05) is 43.2 Å². The molecule has 0 radical (unpaired) electrons. The van der Waals surface area contributed by atoms with Gasteiger partial charge in [-0.25, -0.2) is 0 Å². The summed E-state index contributed by atoms with van der Waals surface area (Å²) < 4.78 is 0. The summed E-state index contributed by atoms with van der Waals surface area (Å²) >= 11 is 5.87. The van der Waals surface area contributed by atoms with Crippen molar-refractivity contribution in [2.24, 2.45) is 11.8 Å². The van der Waals surface area contributed by atoms with Gasteiger partial charge in [0.25, 0.3) is 5.91 Å². The average molecular weight is 408 g/mol. The van der Waals surface area contributed by atoms with Crippen molar-refractivity contribution in [1.82, 2.24) is 15.1 Å². The van der Waals surface area contributed by atoms with E-state index in [0.29, 0.717) is 49.1 Å². The number of piperazine rings is 1. The largest absolute Gasteiger partial charge is 0.340 e. The first-order valence-electron chi connectivity index (χ1n) is 9.82. The van der Waals surface area contributed by atoms with Crippen LogP contribution in [0, 0.1) is 11.8 Å². The number of nitrogens with one attached hydrogen (secondary N) is 1. The van der Waals surface area contributed by atoms with Gasteiger partial charge in [-0.05, 0) is 36.1 Å². The third-order valence-electron chi connectivity index (χ3n) is 4.85. The second kappa shape index (κ2) is 9.92. The molecule has 0 spiro atoms. The fraction of sp³-hybridized carbons (Fsp3) is 0.571. The van der Waals surface area contributed by atoms with E-state index in [1.165, 1.54) is 0 Å². The standard InChI is InChI=1S/C21H30ClN3O3/c1-14(2)13-18(26)24-9-11-25(12-10-24)21(28)19(15(3)4)23-20(27)16-5-7-17(22)8-6-16/h5-8,14-15,19H,9-13H2,1-4H3,(H,23,27). The third-order valence-corrected chi connectivity index (χ3v) is 5.10. The quantitative estimate of drug-likeness (QED) is 0.788. The summed E-state index contributed by atoms with van der Waals surface area (Å²) in [6, 6.07) is 5.96. The van der Waals surface area contributed by atoms with Crippen molar-refractivity contribution in [2.75, 3.05) is 26.2 Å². The Bertz CT molecular complexity index is 695. The Morgan fingerprint density at radius 2 is 1.50 bits per heavy atom. The van der Waals surface area contributed by atoms with Crippen LogP contribution in [-0.4, -0.2) is 59.7 Å². The van der Waals surface area contributed by atoms with E-state index in [0.717, 1.165) is 0 Å². The van der Waals surface area contributed by atoms with E-state index in [4.69, 9.17) is 11.6 Å². The van der Waals surface area contributed by atoms with Crippen LogP contribution in [0.2, 0.25) is 5.02 Å². The molecule has 3 amide bonds. The number of nitrogens with zero attached hydrogens (tertiary/aromatic N) is 2. The molecule has 1 aliphatic rings. The fourth-order valence-electron chi connectivity index (χ4n) is 3.19. The Morgan fingerprint density at radius 1 is 0.964 bits per heavy atom. The molecule has 28 heavy (non-hydrogen) atoms. The van der Waals surface area contributed by atoms with Crippen molar-refractivity contribution >= 4 is 29.3 Å². The number of hydrogen-bond acceptors (Lipinski definition) is 3. The second-order valence-corrected chi connectivity index (χ2v) is 8.44. The molecule has 1 N–H and O–H groups in total. The Kier molecular flexibility index (Phi) is 7.87. The maximum absolute atomic E-state index is 13.0. The van der Waals surface area contributed by atoms with Crippen LogP contribution in [0.4, 0.5) is 0 Å². The highest BCUT2D eigenvalue weighted by Crippen LogP contribution is 2.14. The summed E-state index contributed by atoms with van der Waals surface area (Å²) in [5, 5.41) is 3.41. The summed E-state index contributed by atoms with van der Waals surface area (Å²) in [4.78, 5) is 41.3. The molecule has 0 aromatic heterocycles. The van der Waals surface area contributed by atoms with Crippen LogP contribution in [0.15, 0.2) is 24.3 Å². The maximum Gasteiger partial charge on any atom is 0.251 e. The molecule has 1 aliphatic heterocycles. The van der Waals surface area contributed by atoms with Gasteiger partial charge in [0.2, 0.25) is 11.8 Å². The highest BCUT2D eigenvalue weighted by Gasteiger charge is 2.31. The molecule has 0 aliphatic carbocycles. The van der Waals surface area contributed by atoms with Crippen LogP contribution in [0.5, 0.6) is 0 Å². The lowest BCUT2D eigenvalue weighted by Gasteiger charge is -2.37. The van der Waals surface area contributed by atoms with Crippen LogP contribution < -0.4 is 5.32 Å². The van der Waals surface area contributed by atoms with Gasteiger partial charge >= 0.3 is 0 Å². The average Bonchev–Trinajstić information content (AvgIpc) is 2.65. The summed E-state index contributed by atoms with van der Waals surface area (Å²) in [5.74, 6) is 0.00574. The van der Waals surface area contributed by atoms with Gasteiger partial charge in [0.05, 0.1) is 0 Å². The Morgan fingerprint density at radius 3 is 2.00 bits per heavy atom. The molecule has 1 heterocycles. The SMILES string of the molecule is CC(C)CC(=O)N1CCN(C(=O)C(NC(=O)c2ccc(Cl)cc2)C(C)C)CC1. The van der Waals surface area contributed by atoms with Gasteiger partial charge in [0.1, 0.15) is 6.04 Å². The molecule has 1 aromatic carbocycles. The first-order valence-corrected chi connectivity index (χ1v) is 10.2. The molecule has 1 fully saturated rings. The minimum Gasteiger partial charge on any atom is -0.340 e. The number of carbonyl (C=O) groups is 3. The van der Waals surface area contributed by atoms with Crippen molar-refractivity contribution in [3.8, 4) is 0 Å². The smallest absolute Gasteiger partial charge is 0.251 e. The molecule has 1 saturated heterocycles. The van der Waals surface area contributed by atoms with E-state index in [2.05, 4.69) is 5.32 Å². The minimum atomic E-state index is -0.610. The van der Waals surface area contributed by atoms with E-state index in [9.17, 15) is 14.4 Å². The predicted octanol–water partition coefficient (Wildman–Crippen LogP) is 2.81. The van der Waals surface area contributed by atoms with Crippen molar-refractivity contribution in [3.63, 3.8) is 0 Å². The van der Waals surface area contributed by atoms with E-state index in [-0.39, 0.29) is 23.6 Å². The molecule has 1 aromatic rings. The summed E-state index contributed by atoms with van der Waals surface area (Å²) in [5.41, 5.74) is 0.465. The summed E-state index contributed by atoms with van der Waals surface area (Å²) in [7, 11) is 0. The van der Waals surface area contributed by atoms with Crippen LogP contribution in [0.3, 0.4) is 0 Å². The van der Waals surface area contributed by atoms with Gasteiger partial charge in [0.15, 0.2) is 0 Å². The minimum absolute atomic E-state index is 0.0515. The Labute approximate surface area is 172 Å². The number of amides is 3. The summed E-state index contributed by atoms with van der Waals surface area (Å²) in [6.45, 7) is 9.91. The second-order valence-electron chi connectivity index (χ2n) is 8.01. The highest BCUT2D eigenvalue weighted by atomic mass is 35.5. The van der Waals surface area contributed by atoms with Crippen molar-refractivity contribution in [3.05, 3.63) is 34.9 Å². The van der Waals surface area contributed by atoms with E-state index < -0.39 is 6.04 Å². The van der Waals surface area contributed by atoms with Crippen molar-refractivity contribution < 1.29 is 14.4 Å². The zero-order chi connectivity index (χ0) is 20.8. The molecule has 1 unspecified atom stereocenters.